The molecule has 1 aromatic carbocycles. The fraction of sp³-hybridized carbons (Fsp3) is 0.471. The largest absolute Gasteiger partial charge is 0.303 e. The Hall–Kier alpha value is -1.61. The van der Waals surface area contributed by atoms with Gasteiger partial charge in [-0.3, -0.25) is 4.68 Å². The summed E-state index contributed by atoms with van der Waals surface area (Å²) in [6, 6.07) is 11.3. The van der Waals surface area contributed by atoms with Gasteiger partial charge in [-0.15, -0.1) is 0 Å². The van der Waals surface area contributed by atoms with E-state index in [-0.39, 0.29) is 0 Å². The van der Waals surface area contributed by atoms with E-state index in [2.05, 4.69) is 68.4 Å². The van der Waals surface area contributed by atoms with Crippen LogP contribution in [0.5, 0.6) is 0 Å². The van der Waals surface area contributed by atoms with E-state index in [4.69, 9.17) is 0 Å². The molecule has 0 aliphatic carbocycles. The summed E-state index contributed by atoms with van der Waals surface area (Å²) in [4.78, 5) is 0. The third kappa shape index (κ3) is 2.93. The van der Waals surface area contributed by atoms with Gasteiger partial charge in [0.2, 0.25) is 0 Å². The van der Waals surface area contributed by atoms with Gasteiger partial charge in [0.1, 0.15) is 0 Å². The van der Waals surface area contributed by atoms with Crippen molar-refractivity contribution in [2.24, 2.45) is 7.05 Å². The smallest absolute Gasteiger partial charge is 0.0644 e. The Morgan fingerprint density at radius 2 is 1.85 bits per heavy atom. The molecule has 0 amide bonds. The Labute approximate surface area is 122 Å². The maximum atomic E-state index is 4.51. The second-order valence-corrected chi connectivity index (χ2v) is 5.47. The molecule has 2 rings (SSSR count). The van der Waals surface area contributed by atoms with Gasteiger partial charge in [0, 0.05) is 30.4 Å². The van der Waals surface area contributed by atoms with E-state index in [1.165, 1.54) is 16.8 Å². The molecule has 0 saturated carbocycles. The minimum Gasteiger partial charge on any atom is -0.303 e. The molecule has 0 saturated heterocycles. The highest BCUT2D eigenvalue weighted by Crippen LogP contribution is 2.25. The van der Waals surface area contributed by atoms with Gasteiger partial charge >= 0.3 is 0 Å². The van der Waals surface area contributed by atoms with Gasteiger partial charge in [0.05, 0.1) is 5.69 Å². The monoisotopic (exact) mass is 271 g/mol. The van der Waals surface area contributed by atoms with Crippen molar-refractivity contribution in [3.05, 3.63) is 52.8 Å². The third-order valence-electron chi connectivity index (χ3n) is 4.06. The lowest BCUT2D eigenvalue weighted by Gasteiger charge is -2.23. The van der Waals surface area contributed by atoms with Crippen molar-refractivity contribution in [3.8, 4) is 0 Å². The summed E-state index contributed by atoms with van der Waals surface area (Å²) in [5, 5.41) is 8.26. The molecule has 0 aliphatic rings. The van der Waals surface area contributed by atoms with E-state index in [1.807, 2.05) is 11.7 Å². The van der Waals surface area contributed by atoms with Crippen LogP contribution in [0.2, 0.25) is 0 Å². The summed E-state index contributed by atoms with van der Waals surface area (Å²) in [5.41, 5.74) is 5.03. The Kier molecular flexibility index (Phi) is 4.61. The average molecular weight is 271 g/mol. The van der Waals surface area contributed by atoms with E-state index < -0.39 is 0 Å². The summed E-state index contributed by atoms with van der Waals surface area (Å²) in [6.07, 6.45) is 1.08. The van der Waals surface area contributed by atoms with Crippen LogP contribution >= 0.6 is 0 Å². The first-order chi connectivity index (χ1) is 9.54. The van der Waals surface area contributed by atoms with Crippen molar-refractivity contribution in [3.63, 3.8) is 0 Å². The zero-order valence-corrected chi connectivity index (χ0v) is 13.1. The molecular formula is C17H25N3. The van der Waals surface area contributed by atoms with Gasteiger partial charge in [0.15, 0.2) is 0 Å². The van der Waals surface area contributed by atoms with Gasteiger partial charge in [-0.1, -0.05) is 37.3 Å². The number of hydrogen-bond acceptors (Lipinski definition) is 2. The Bertz CT molecular complexity index is 557. The van der Waals surface area contributed by atoms with Gasteiger partial charge in [-0.2, -0.15) is 5.10 Å². The van der Waals surface area contributed by atoms with Crippen LogP contribution in [0.1, 0.15) is 54.9 Å². The van der Waals surface area contributed by atoms with Crippen LogP contribution in [0.4, 0.5) is 0 Å². The maximum Gasteiger partial charge on any atom is 0.0644 e. The minimum atomic E-state index is 0.300. The highest BCUT2D eigenvalue weighted by atomic mass is 15.3. The van der Waals surface area contributed by atoms with Crippen LogP contribution in [0.25, 0.3) is 0 Å². The topological polar surface area (TPSA) is 29.9 Å². The molecule has 0 spiro atoms. The average Bonchev–Trinajstić information content (AvgIpc) is 2.70. The second-order valence-electron chi connectivity index (χ2n) is 5.47. The van der Waals surface area contributed by atoms with Crippen molar-refractivity contribution in [2.75, 3.05) is 0 Å². The van der Waals surface area contributed by atoms with Gasteiger partial charge in [0.25, 0.3) is 0 Å². The summed E-state index contributed by atoms with van der Waals surface area (Å²) < 4.78 is 1.96. The van der Waals surface area contributed by atoms with E-state index in [0.29, 0.717) is 12.1 Å². The fourth-order valence-corrected chi connectivity index (χ4v) is 2.94. The first-order valence-corrected chi connectivity index (χ1v) is 7.35. The third-order valence-corrected chi connectivity index (χ3v) is 4.06. The number of rotatable bonds is 5. The molecule has 3 nitrogen and oxygen atoms in total. The van der Waals surface area contributed by atoms with Crippen LogP contribution in [-0.2, 0) is 7.05 Å². The van der Waals surface area contributed by atoms with Crippen molar-refractivity contribution < 1.29 is 0 Å². The van der Waals surface area contributed by atoms with Crippen LogP contribution < -0.4 is 5.32 Å². The van der Waals surface area contributed by atoms with Crippen LogP contribution in [0.3, 0.4) is 0 Å². The zero-order valence-electron chi connectivity index (χ0n) is 13.1. The molecule has 108 valence electrons. The predicted octanol–water partition coefficient (Wildman–Crippen LogP) is 3.84. The molecule has 2 atom stereocenters. The maximum absolute atomic E-state index is 4.51. The highest BCUT2D eigenvalue weighted by molar-refractivity contribution is 5.28. The Morgan fingerprint density at radius 3 is 2.35 bits per heavy atom. The lowest BCUT2D eigenvalue weighted by molar-refractivity contribution is 0.454. The van der Waals surface area contributed by atoms with Gasteiger partial charge < -0.3 is 5.32 Å². The lowest BCUT2D eigenvalue weighted by atomic mass is 10.0. The molecule has 20 heavy (non-hydrogen) atoms. The first kappa shape index (κ1) is 14.8. The predicted molar refractivity (Wildman–Crippen MR) is 83.7 cm³/mol. The standard InChI is InChI=1S/C17H25N3/c1-6-16(15-10-8-7-9-11-15)18-12(2)17-13(3)19-20(5)14(17)4/h7-12,16,18H,6H2,1-5H3. The van der Waals surface area contributed by atoms with E-state index in [1.54, 1.807) is 0 Å². The highest BCUT2D eigenvalue weighted by Gasteiger charge is 2.19. The fourth-order valence-electron chi connectivity index (χ4n) is 2.94. The van der Waals surface area contributed by atoms with E-state index in [0.717, 1.165) is 12.1 Å². The molecule has 1 heterocycles. The summed E-state index contributed by atoms with van der Waals surface area (Å²) >= 11 is 0. The summed E-state index contributed by atoms with van der Waals surface area (Å²) in [7, 11) is 2.01. The lowest BCUT2D eigenvalue weighted by Crippen LogP contribution is -2.25. The van der Waals surface area contributed by atoms with Crippen LogP contribution in [0.15, 0.2) is 30.3 Å². The summed E-state index contributed by atoms with van der Waals surface area (Å²) in [5.74, 6) is 0. The van der Waals surface area contributed by atoms with Gasteiger partial charge in [-0.25, -0.2) is 0 Å². The van der Waals surface area contributed by atoms with Crippen molar-refractivity contribution >= 4 is 0 Å². The SMILES string of the molecule is CCC(NC(C)c1c(C)nn(C)c1C)c1ccccc1. The normalized spacial score (nSPS) is 14.2. The number of hydrogen-bond donors (Lipinski definition) is 1. The number of aromatic nitrogens is 2. The van der Waals surface area contributed by atoms with Crippen molar-refractivity contribution in [1.82, 2.24) is 15.1 Å². The van der Waals surface area contributed by atoms with Crippen molar-refractivity contribution in [1.29, 1.82) is 0 Å². The Balaban J connectivity index is 2.19. The second kappa shape index (κ2) is 6.23. The molecule has 0 aliphatic heterocycles. The quantitative estimate of drug-likeness (QED) is 0.895. The Morgan fingerprint density at radius 1 is 1.20 bits per heavy atom. The van der Waals surface area contributed by atoms with Gasteiger partial charge in [-0.05, 0) is 32.8 Å². The van der Waals surface area contributed by atoms with E-state index >= 15 is 0 Å². The first-order valence-electron chi connectivity index (χ1n) is 7.35. The zero-order chi connectivity index (χ0) is 14.7. The van der Waals surface area contributed by atoms with Crippen molar-refractivity contribution in [2.45, 2.75) is 46.2 Å². The molecule has 0 radical (unpaired) electrons. The number of aryl methyl sites for hydroxylation is 2. The number of nitrogens with one attached hydrogen (secondary N) is 1. The molecule has 3 heteroatoms. The molecular weight excluding hydrogens is 246 g/mol. The molecule has 2 unspecified atom stereocenters. The van der Waals surface area contributed by atoms with E-state index in [9.17, 15) is 0 Å². The van der Waals surface area contributed by atoms with Crippen LogP contribution in [0, 0.1) is 13.8 Å². The molecule has 2 aromatic rings. The molecule has 1 N–H and O–H groups in total. The minimum absolute atomic E-state index is 0.300. The molecule has 0 bridgehead atoms. The van der Waals surface area contributed by atoms with Crippen LogP contribution in [-0.4, -0.2) is 9.78 Å². The molecule has 0 fully saturated rings. The summed E-state index contributed by atoms with van der Waals surface area (Å²) in [6.45, 7) is 8.67. The number of nitrogens with zero attached hydrogens (tertiary/aromatic N) is 2. The number of benzene rings is 1. The molecule has 1 aromatic heterocycles.